The van der Waals surface area contributed by atoms with Crippen molar-refractivity contribution in [2.75, 3.05) is 0 Å². The van der Waals surface area contributed by atoms with Crippen LogP contribution in [0, 0.1) is 6.92 Å². The lowest BCUT2D eigenvalue weighted by atomic mass is 10.0. The number of hydrogen-bond donors (Lipinski definition) is 2. The summed E-state index contributed by atoms with van der Waals surface area (Å²) in [5.74, 6) is -0.830. The van der Waals surface area contributed by atoms with Crippen molar-refractivity contribution in [3.05, 3.63) is 34.3 Å². The molecular weight excluding hydrogens is 214 g/mol. The van der Waals surface area contributed by atoms with Crippen molar-refractivity contribution >= 4 is 17.6 Å². The molecular formula is C11H14ClNO2. The quantitative estimate of drug-likeness (QED) is 0.831. The fraction of sp³-hybridized carbons (Fsp3) is 0.364. The van der Waals surface area contributed by atoms with Gasteiger partial charge in [-0.25, -0.2) is 0 Å². The van der Waals surface area contributed by atoms with Crippen LogP contribution < -0.4 is 5.73 Å². The van der Waals surface area contributed by atoms with Gasteiger partial charge in [0.2, 0.25) is 0 Å². The Morgan fingerprint density at radius 2 is 2.27 bits per heavy atom. The summed E-state index contributed by atoms with van der Waals surface area (Å²) in [6, 6.07) is 5.30. The second kappa shape index (κ2) is 5.14. The zero-order chi connectivity index (χ0) is 11.4. The van der Waals surface area contributed by atoms with E-state index in [0.717, 1.165) is 11.1 Å². The molecule has 82 valence electrons. The highest BCUT2D eigenvalue weighted by atomic mass is 35.5. The van der Waals surface area contributed by atoms with Crippen LogP contribution in [0.1, 0.15) is 30.0 Å². The summed E-state index contributed by atoms with van der Waals surface area (Å²) in [5.41, 5.74) is 7.71. The first-order valence-electron chi connectivity index (χ1n) is 4.74. The topological polar surface area (TPSA) is 63.3 Å². The van der Waals surface area contributed by atoms with Crippen molar-refractivity contribution in [3.63, 3.8) is 0 Å². The molecule has 0 saturated heterocycles. The van der Waals surface area contributed by atoms with Crippen molar-refractivity contribution in [1.82, 2.24) is 0 Å². The van der Waals surface area contributed by atoms with E-state index in [0.29, 0.717) is 11.4 Å². The molecule has 1 rings (SSSR count). The standard InChI is InChI=1S/C11H14ClNO2/c1-7-2-3-8(6-9(7)12)10(13)4-5-11(14)15/h2-3,6,10H,4-5,13H2,1H3,(H,14,15). The Bertz CT molecular complexity index is 366. The molecule has 3 nitrogen and oxygen atoms in total. The van der Waals surface area contributed by atoms with E-state index in [1.165, 1.54) is 0 Å². The number of nitrogens with two attached hydrogens (primary N) is 1. The van der Waals surface area contributed by atoms with Gasteiger partial charge >= 0.3 is 5.97 Å². The first-order valence-corrected chi connectivity index (χ1v) is 5.12. The van der Waals surface area contributed by atoms with E-state index in [1.807, 2.05) is 19.1 Å². The van der Waals surface area contributed by atoms with Crippen LogP contribution in [0.3, 0.4) is 0 Å². The zero-order valence-corrected chi connectivity index (χ0v) is 9.29. The molecule has 0 aliphatic heterocycles. The summed E-state index contributed by atoms with van der Waals surface area (Å²) in [6.07, 6.45) is 0.501. The molecule has 0 aliphatic rings. The number of benzene rings is 1. The highest BCUT2D eigenvalue weighted by Crippen LogP contribution is 2.22. The van der Waals surface area contributed by atoms with Gasteiger partial charge in [-0.2, -0.15) is 0 Å². The average molecular weight is 228 g/mol. The Morgan fingerprint density at radius 1 is 1.60 bits per heavy atom. The molecule has 4 heteroatoms. The van der Waals surface area contributed by atoms with Gasteiger partial charge in [-0.3, -0.25) is 4.79 Å². The van der Waals surface area contributed by atoms with E-state index >= 15 is 0 Å². The van der Waals surface area contributed by atoms with Crippen molar-refractivity contribution in [2.24, 2.45) is 5.73 Å². The first kappa shape index (κ1) is 12.0. The van der Waals surface area contributed by atoms with E-state index in [1.54, 1.807) is 6.07 Å². The van der Waals surface area contributed by atoms with Crippen LogP contribution in [0.15, 0.2) is 18.2 Å². The molecule has 0 heterocycles. The summed E-state index contributed by atoms with van der Waals surface area (Å²) >= 11 is 5.95. The second-order valence-corrected chi connectivity index (χ2v) is 3.95. The minimum absolute atomic E-state index is 0.0761. The van der Waals surface area contributed by atoms with Gasteiger partial charge in [0.1, 0.15) is 0 Å². The van der Waals surface area contributed by atoms with Crippen LogP contribution in [0.2, 0.25) is 5.02 Å². The highest BCUT2D eigenvalue weighted by molar-refractivity contribution is 6.31. The molecule has 15 heavy (non-hydrogen) atoms. The minimum atomic E-state index is -0.830. The molecule has 0 bridgehead atoms. The third-order valence-electron chi connectivity index (χ3n) is 2.29. The number of rotatable bonds is 4. The number of hydrogen-bond acceptors (Lipinski definition) is 2. The lowest BCUT2D eigenvalue weighted by Gasteiger charge is -2.11. The largest absolute Gasteiger partial charge is 0.481 e. The van der Waals surface area contributed by atoms with E-state index in [2.05, 4.69) is 0 Å². The molecule has 1 aromatic rings. The Labute approximate surface area is 93.9 Å². The fourth-order valence-corrected chi connectivity index (χ4v) is 1.47. The molecule has 0 aromatic heterocycles. The molecule has 0 spiro atoms. The van der Waals surface area contributed by atoms with Crippen LogP contribution in [0.5, 0.6) is 0 Å². The summed E-state index contributed by atoms with van der Waals surface area (Å²) in [5, 5.41) is 9.19. The van der Waals surface area contributed by atoms with Crippen LogP contribution in [0.4, 0.5) is 0 Å². The molecule has 0 radical (unpaired) electrons. The number of aliphatic carboxylic acids is 1. The minimum Gasteiger partial charge on any atom is -0.481 e. The lowest BCUT2D eigenvalue weighted by Crippen LogP contribution is -2.12. The highest BCUT2D eigenvalue weighted by Gasteiger charge is 2.09. The molecule has 1 unspecified atom stereocenters. The third kappa shape index (κ3) is 3.53. The van der Waals surface area contributed by atoms with E-state index in [9.17, 15) is 4.79 Å². The van der Waals surface area contributed by atoms with E-state index < -0.39 is 5.97 Å². The average Bonchev–Trinajstić information content (AvgIpc) is 2.18. The third-order valence-corrected chi connectivity index (χ3v) is 2.70. The monoisotopic (exact) mass is 227 g/mol. The Hall–Kier alpha value is -1.06. The van der Waals surface area contributed by atoms with Gasteiger partial charge in [0.15, 0.2) is 0 Å². The zero-order valence-electron chi connectivity index (χ0n) is 8.53. The van der Waals surface area contributed by atoms with Crippen molar-refractivity contribution in [2.45, 2.75) is 25.8 Å². The number of carboxylic acid groups (broad SMARTS) is 1. The summed E-state index contributed by atoms with van der Waals surface area (Å²) < 4.78 is 0. The van der Waals surface area contributed by atoms with Gasteiger partial charge in [-0.15, -0.1) is 0 Å². The molecule has 3 N–H and O–H groups in total. The number of carboxylic acids is 1. The van der Waals surface area contributed by atoms with Crippen LogP contribution in [-0.4, -0.2) is 11.1 Å². The summed E-state index contributed by atoms with van der Waals surface area (Å²) in [4.78, 5) is 10.4. The smallest absolute Gasteiger partial charge is 0.303 e. The maximum atomic E-state index is 10.4. The van der Waals surface area contributed by atoms with Crippen molar-refractivity contribution in [1.29, 1.82) is 0 Å². The molecule has 0 aliphatic carbocycles. The molecule has 0 saturated carbocycles. The Balaban J connectivity index is 2.69. The Kier molecular flexibility index (Phi) is 4.12. The van der Waals surface area contributed by atoms with E-state index in [4.69, 9.17) is 22.4 Å². The van der Waals surface area contributed by atoms with Crippen molar-refractivity contribution in [3.8, 4) is 0 Å². The van der Waals surface area contributed by atoms with Crippen LogP contribution in [-0.2, 0) is 4.79 Å². The lowest BCUT2D eigenvalue weighted by molar-refractivity contribution is -0.137. The summed E-state index contributed by atoms with van der Waals surface area (Å²) in [7, 11) is 0. The maximum Gasteiger partial charge on any atom is 0.303 e. The fourth-order valence-electron chi connectivity index (χ4n) is 1.29. The predicted octanol–water partition coefficient (Wildman–Crippen LogP) is 2.51. The molecule has 0 amide bonds. The summed E-state index contributed by atoms with van der Waals surface area (Å²) in [6.45, 7) is 1.91. The van der Waals surface area contributed by atoms with Crippen LogP contribution in [0.25, 0.3) is 0 Å². The predicted molar refractivity (Wildman–Crippen MR) is 60.0 cm³/mol. The van der Waals surface area contributed by atoms with Gasteiger partial charge in [0.05, 0.1) is 0 Å². The second-order valence-electron chi connectivity index (χ2n) is 3.55. The normalized spacial score (nSPS) is 12.5. The van der Waals surface area contributed by atoms with Crippen LogP contribution >= 0.6 is 11.6 Å². The van der Waals surface area contributed by atoms with Crippen molar-refractivity contribution < 1.29 is 9.90 Å². The maximum absolute atomic E-state index is 10.4. The Morgan fingerprint density at radius 3 is 2.80 bits per heavy atom. The first-order chi connectivity index (χ1) is 7.00. The van der Waals surface area contributed by atoms with Gasteiger partial charge < -0.3 is 10.8 Å². The van der Waals surface area contributed by atoms with Gasteiger partial charge in [0, 0.05) is 17.5 Å². The number of aryl methyl sites for hydroxylation is 1. The number of halogens is 1. The van der Waals surface area contributed by atoms with Gasteiger partial charge in [-0.05, 0) is 30.5 Å². The number of carbonyl (C=O) groups is 1. The SMILES string of the molecule is Cc1ccc(C(N)CCC(=O)O)cc1Cl. The van der Waals surface area contributed by atoms with Gasteiger partial charge in [-0.1, -0.05) is 23.7 Å². The molecule has 1 aromatic carbocycles. The van der Waals surface area contributed by atoms with Gasteiger partial charge in [0.25, 0.3) is 0 Å². The van der Waals surface area contributed by atoms with E-state index in [-0.39, 0.29) is 12.5 Å². The molecule has 1 atom stereocenters. The molecule has 0 fully saturated rings.